The van der Waals surface area contributed by atoms with Gasteiger partial charge in [-0.05, 0) is 55.2 Å². The van der Waals surface area contributed by atoms with Gasteiger partial charge in [-0.2, -0.15) is 4.31 Å². The maximum Gasteiger partial charge on any atom is 0.267 e. The van der Waals surface area contributed by atoms with E-state index in [0.29, 0.717) is 5.75 Å². The van der Waals surface area contributed by atoms with Crippen molar-refractivity contribution in [3.8, 4) is 5.75 Å². The summed E-state index contributed by atoms with van der Waals surface area (Å²) in [6.07, 6.45) is 2.87. The third kappa shape index (κ3) is 5.22. The Hall–Kier alpha value is -2.66. The zero-order chi connectivity index (χ0) is 25.9. The SMILES string of the molecule is CCc1ccc(S(=O)(=O)N2CCC(N(c3cc(OC)ccn3)S(=O)(=O)c3ccccc3Cl)CC2)cc1. The number of aromatic nitrogens is 1. The van der Waals surface area contributed by atoms with Crippen molar-refractivity contribution in [3.63, 3.8) is 0 Å². The summed E-state index contributed by atoms with van der Waals surface area (Å²) < 4.78 is 62.1. The minimum absolute atomic E-state index is 0.0395. The van der Waals surface area contributed by atoms with Crippen LogP contribution >= 0.6 is 11.6 Å². The molecule has 0 spiro atoms. The number of methoxy groups -OCH3 is 1. The molecule has 3 aromatic rings. The predicted octanol–water partition coefficient (Wildman–Crippen LogP) is 4.35. The third-order valence-electron chi connectivity index (χ3n) is 6.28. The summed E-state index contributed by atoms with van der Waals surface area (Å²) in [7, 11) is -6.32. The van der Waals surface area contributed by atoms with Gasteiger partial charge in [0, 0.05) is 31.4 Å². The van der Waals surface area contributed by atoms with Crippen molar-refractivity contribution in [2.75, 3.05) is 24.5 Å². The number of benzene rings is 2. The third-order valence-corrected chi connectivity index (χ3v) is 10.5. The highest BCUT2D eigenvalue weighted by atomic mass is 35.5. The van der Waals surface area contributed by atoms with Gasteiger partial charge < -0.3 is 4.74 Å². The van der Waals surface area contributed by atoms with E-state index in [9.17, 15) is 16.8 Å². The van der Waals surface area contributed by atoms with Gasteiger partial charge >= 0.3 is 0 Å². The molecular weight excluding hydrogens is 522 g/mol. The second kappa shape index (κ2) is 10.8. The first kappa shape index (κ1) is 26.4. The molecule has 0 radical (unpaired) electrons. The van der Waals surface area contributed by atoms with Gasteiger partial charge in [0.25, 0.3) is 10.0 Å². The maximum absolute atomic E-state index is 13.8. The number of sulfonamides is 2. The summed E-state index contributed by atoms with van der Waals surface area (Å²) in [5.41, 5.74) is 1.05. The molecule has 1 aliphatic rings. The minimum Gasteiger partial charge on any atom is -0.497 e. The smallest absolute Gasteiger partial charge is 0.267 e. The molecule has 1 aliphatic heterocycles. The molecule has 11 heteroatoms. The molecule has 1 aromatic heterocycles. The van der Waals surface area contributed by atoms with Crippen LogP contribution < -0.4 is 9.04 Å². The van der Waals surface area contributed by atoms with Crippen LogP contribution in [0.15, 0.2) is 76.7 Å². The van der Waals surface area contributed by atoms with Gasteiger partial charge in [-0.25, -0.2) is 26.1 Å². The molecule has 0 unspecified atom stereocenters. The van der Waals surface area contributed by atoms with E-state index in [1.165, 1.54) is 34.0 Å². The number of ether oxygens (including phenoxy) is 1. The Bertz CT molecular complexity index is 1420. The second-order valence-corrected chi connectivity index (χ2v) is 12.5. The first-order valence-electron chi connectivity index (χ1n) is 11.6. The van der Waals surface area contributed by atoms with Crippen molar-refractivity contribution in [1.82, 2.24) is 9.29 Å². The van der Waals surface area contributed by atoms with Crippen LogP contribution in [0.25, 0.3) is 0 Å². The molecule has 0 amide bonds. The molecule has 0 aliphatic carbocycles. The van der Waals surface area contributed by atoms with Crippen LogP contribution in [0.3, 0.4) is 0 Å². The quantitative estimate of drug-likeness (QED) is 0.414. The van der Waals surface area contributed by atoms with Crippen LogP contribution in [0.1, 0.15) is 25.3 Å². The second-order valence-electron chi connectivity index (χ2n) is 8.42. The molecule has 1 fully saturated rings. The lowest BCUT2D eigenvalue weighted by Gasteiger charge is -2.38. The number of anilines is 1. The molecule has 36 heavy (non-hydrogen) atoms. The van der Waals surface area contributed by atoms with Crippen LogP contribution in [0.4, 0.5) is 5.82 Å². The van der Waals surface area contributed by atoms with Crippen molar-refractivity contribution >= 4 is 37.5 Å². The molecule has 4 rings (SSSR count). The van der Waals surface area contributed by atoms with E-state index < -0.39 is 26.1 Å². The van der Waals surface area contributed by atoms with Crippen molar-refractivity contribution in [1.29, 1.82) is 0 Å². The van der Waals surface area contributed by atoms with Crippen LogP contribution in [-0.2, 0) is 26.5 Å². The number of aryl methyl sites for hydroxylation is 1. The number of nitrogens with zero attached hydrogens (tertiary/aromatic N) is 3. The van der Waals surface area contributed by atoms with E-state index in [4.69, 9.17) is 16.3 Å². The van der Waals surface area contributed by atoms with Crippen LogP contribution in [0.2, 0.25) is 5.02 Å². The molecule has 8 nitrogen and oxygen atoms in total. The molecular formula is C25H28ClN3O5S2. The number of hydrogen-bond donors (Lipinski definition) is 0. The van der Waals surface area contributed by atoms with E-state index in [-0.39, 0.29) is 46.6 Å². The Morgan fingerprint density at radius 3 is 2.31 bits per heavy atom. The molecule has 0 atom stereocenters. The summed E-state index contributed by atoms with van der Waals surface area (Å²) >= 11 is 6.27. The Labute approximate surface area is 217 Å². The fraction of sp³-hybridized carbons (Fsp3) is 0.320. The lowest BCUT2D eigenvalue weighted by atomic mass is 10.1. The highest BCUT2D eigenvalue weighted by Crippen LogP contribution is 2.34. The Kier molecular flexibility index (Phi) is 7.89. The number of hydrogen-bond acceptors (Lipinski definition) is 6. The summed E-state index contributed by atoms with van der Waals surface area (Å²) in [5.74, 6) is 0.639. The van der Waals surface area contributed by atoms with Gasteiger partial charge in [0.15, 0.2) is 0 Å². The highest BCUT2D eigenvalue weighted by Gasteiger charge is 2.38. The average molecular weight is 550 g/mol. The Morgan fingerprint density at radius 1 is 1.03 bits per heavy atom. The lowest BCUT2D eigenvalue weighted by Crippen LogP contribution is -2.49. The van der Waals surface area contributed by atoms with Crippen molar-refractivity contribution < 1.29 is 21.6 Å². The van der Waals surface area contributed by atoms with Gasteiger partial charge in [-0.3, -0.25) is 0 Å². The average Bonchev–Trinajstić information content (AvgIpc) is 2.89. The Morgan fingerprint density at radius 2 is 1.69 bits per heavy atom. The summed E-state index contributed by atoms with van der Waals surface area (Å²) in [5, 5.41) is 0.0981. The van der Waals surface area contributed by atoms with E-state index in [1.807, 2.05) is 19.1 Å². The van der Waals surface area contributed by atoms with E-state index in [1.54, 1.807) is 36.4 Å². The molecule has 2 aromatic carbocycles. The summed E-state index contributed by atoms with van der Waals surface area (Å²) in [6, 6.07) is 15.7. The first-order chi connectivity index (χ1) is 17.2. The van der Waals surface area contributed by atoms with Crippen molar-refractivity contribution in [2.45, 2.75) is 42.0 Å². The first-order valence-corrected chi connectivity index (χ1v) is 14.8. The molecule has 1 saturated heterocycles. The molecule has 0 N–H and O–H groups in total. The zero-order valence-corrected chi connectivity index (χ0v) is 22.4. The van der Waals surface area contributed by atoms with Gasteiger partial charge in [-0.1, -0.05) is 42.8 Å². The standard InChI is InChI=1S/C25H28ClN3O5S2/c1-3-19-8-10-22(11-9-19)35(30,31)28-16-13-20(14-17-28)29(25-18-21(34-2)12-15-27-25)36(32,33)24-7-5-4-6-23(24)26/h4-12,15,18,20H,3,13-14,16-17H2,1-2H3. The van der Waals surface area contributed by atoms with Gasteiger partial charge in [0.05, 0.1) is 17.0 Å². The number of halogens is 1. The van der Waals surface area contributed by atoms with Crippen molar-refractivity contribution in [2.24, 2.45) is 0 Å². The van der Waals surface area contributed by atoms with Gasteiger partial charge in [-0.15, -0.1) is 0 Å². The maximum atomic E-state index is 13.8. The van der Waals surface area contributed by atoms with Crippen molar-refractivity contribution in [3.05, 3.63) is 77.4 Å². The minimum atomic E-state index is -4.11. The van der Waals surface area contributed by atoms with Crippen LogP contribution in [0, 0.1) is 0 Å². The predicted molar refractivity (Wildman–Crippen MR) is 140 cm³/mol. The molecule has 192 valence electrons. The van der Waals surface area contributed by atoms with Gasteiger partial charge in [0.1, 0.15) is 16.5 Å². The number of pyridine rings is 1. The fourth-order valence-electron chi connectivity index (χ4n) is 4.28. The van der Waals surface area contributed by atoms with Crippen LogP contribution in [0.5, 0.6) is 5.75 Å². The highest BCUT2D eigenvalue weighted by molar-refractivity contribution is 7.93. The summed E-state index contributed by atoms with van der Waals surface area (Å²) in [6.45, 7) is 2.34. The zero-order valence-electron chi connectivity index (χ0n) is 20.0. The normalized spacial score (nSPS) is 15.5. The molecule has 2 heterocycles. The number of piperidine rings is 1. The monoisotopic (exact) mass is 549 g/mol. The van der Waals surface area contributed by atoms with E-state index in [0.717, 1.165) is 12.0 Å². The topological polar surface area (TPSA) is 96.9 Å². The fourth-order valence-corrected chi connectivity index (χ4v) is 7.90. The molecule has 0 bridgehead atoms. The molecule has 0 saturated carbocycles. The van der Waals surface area contributed by atoms with E-state index >= 15 is 0 Å². The van der Waals surface area contributed by atoms with Gasteiger partial charge in [0.2, 0.25) is 10.0 Å². The van der Waals surface area contributed by atoms with E-state index in [2.05, 4.69) is 4.98 Å². The Balaban J connectivity index is 1.65. The summed E-state index contributed by atoms with van der Waals surface area (Å²) in [4.78, 5) is 4.50. The largest absolute Gasteiger partial charge is 0.497 e. The lowest BCUT2D eigenvalue weighted by molar-refractivity contribution is 0.320. The number of rotatable bonds is 8. The van der Waals surface area contributed by atoms with Crippen LogP contribution in [-0.4, -0.2) is 52.4 Å².